The molecule has 0 spiro atoms. The van der Waals surface area contributed by atoms with Gasteiger partial charge in [0.2, 0.25) is 0 Å². The second-order valence-electron chi connectivity index (χ2n) is 1.90. The normalized spacial score (nSPS) is 13.8. The average Bonchev–Trinajstić information content (AvgIpc) is 2.33. The van der Waals surface area contributed by atoms with E-state index in [0.717, 1.165) is 12.2 Å². The molecule has 0 fully saturated rings. The van der Waals surface area contributed by atoms with Crippen LogP contribution in [0.5, 0.6) is 0 Å². The van der Waals surface area contributed by atoms with Gasteiger partial charge in [0.05, 0.1) is 12.7 Å². The molecule has 1 aliphatic rings. The Balaban J connectivity index is 2.63. The summed E-state index contributed by atoms with van der Waals surface area (Å²) in [6.07, 6.45) is 3.49. The van der Waals surface area contributed by atoms with Crippen LogP contribution in [0.2, 0.25) is 0 Å². The van der Waals surface area contributed by atoms with Crippen molar-refractivity contribution in [1.29, 1.82) is 0 Å². The Morgan fingerprint density at radius 1 is 1.44 bits per heavy atom. The summed E-state index contributed by atoms with van der Waals surface area (Å²) in [6.45, 7) is 0.720. The van der Waals surface area contributed by atoms with Crippen LogP contribution in [0.25, 0.3) is 0 Å². The largest absolute Gasteiger partial charge is 0.262 e. The van der Waals surface area contributed by atoms with Crippen molar-refractivity contribution >= 4 is 5.69 Å². The van der Waals surface area contributed by atoms with E-state index in [1.807, 2.05) is 6.07 Å². The third-order valence-corrected chi connectivity index (χ3v) is 1.31. The van der Waals surface area contributed by atoms with E-state index >= 15 is 0 Å². The smallest absolute Gasteiger partial charge is 0.109 e. The molecule has 1 aromatic heterocycles. The third-order valence-electron chi connectivity index (χ3n) is 1.31. The van der Waals surface area contributed by atoms with E-state index in [-0.39, 0.29) is 0 Å². The molecule has 44 valence electrons. The molecule has 3 heteroatoms. The molecule has 2 heterocycles. The highest BCUT2D eigenvalue weighted by Gasteiger charge is 2.04. The van der Waals surface area contributed by atoms with Gasteiger partial charge in [0.15, 0.2) is 0 Å². The average molecular weight is 119 g/mol. The van der Waals surface area contributed by atoms with Crippen LogP contribution >= 0.6 is 0 Å². The first kappa shape index (κ1) is 4.61. The van der Waals surface area contributed by atoms with E-state index in [1.54, 1.807) is 12.4 Å². The monoisotopic (exact) mass is 119 g/mol. The van der Waals surface area contributed by atoms with Crippen LogP contribution in [0.3, 0.4) is 0 Å². The second-order valence-corrected chi connectivity index (χ2v) is 1.90. The number of azo groups is 1. The van der Waals surface area contributed by atoms with Gasteiger partial charge in [-0.1, -0.05) is 0 Å². The van der Waals surface area contributed by atoms with Gasteiger partial charge in [-0.25, -0.2) is 0 Å². The van der Waals surface area contributed by atoms with Crippen molar-refractivity contribution in [2.45, 2.75) is 6.54 Å². The Kier molecular flexibility index (Phi) is 0.828. The van der Waals surface area contributed by atoms with E-state index in [1.165, 1.54) is 5.56 Å². The summed E-state index contributed by atoms with van der Waals surface area (Å²) in [4.78, 5) is 3.90. The number of nitrogens with zero attached hydrogens (tertiary/aromatic N) is 3. The SMILES string of the molecule is c1cc2c(cn1)N=NC2. The Bertz CT molecular complexity index is 254. The van der Waals surface area contributed by atoms with Crippen molar-refractivity contribution in [3.8, 4) is 0 Å². The van der Waals surface area contributed by atoms with Gasteiger partial charge in [-0.2, -0.15) is 10.2 Å². The molecule has 0 aromatic carbocycles. The maximum absolute atomic E-state index is 3.90. The van der Waals surface area contributed by atoms with Crippen LogP contribution in [-0.4, -0.2) is 4.98 Å². The molecule has 0 bridgehead atoms. The molecule has 0 amide bonds. The number of pyridine rings is 1. The lowest BCUT2D eigenvalue weighted by Crippen LogP contribution is -1.75. The number of aromatic nitrogens is 1. The minimum absolute atomic E-state index is 0.720. The van der Waals surface area contributed by atoms with Crippen molar-refractivity contribution in [2.24, 2.45) is 10.2 Å². The molecule has 1 aromatic rings. The highest BCUT2D eigenvalue weighted by Crippen LogP contribution is 2.23. The zero-order valence-corrected chi connectivity index (χ0v) is 4.78. The lowest BCUT2D eigenvalue weighted by atomic mass is 10.2. The predicted molar refractivity (Wildman–Crippen MR) is 32.5 cm³/mol. The molecular weight excluding hydrogens is 114 g/mol. The van der Waals surface area contributed by atoms with Crippen LogP contribution in [0.1, 0.15) is 5.56 Å². The molecule has 0 N–H and O–H groups in total. The van der Waals surface area contributed by atoms with Gasteiger partial charge in [-0.15, -0.1) is 0 Å². The molecule has 0 saturated heterocycles. The second kappa shape index (κ2) is 1.62. The van der Waals surface area contributed by atoms with Gasteiger partial charge >= 0.3 is 0 Å². The van der Waals surface area contributed by atoms with Gasteiger partial charge in [0, 0.05) is 11.8 Å². The molecule has 0 radical (unpaired) electrons. The molecule has 9 heavy (non-hydrogen) atoms. The fourth-order valence-electron chi connectivity index (χ4n) is 0.826. The van der Waals surface area contributed by atoms with Crippen LogP contribution in [0, 0.1) is 0 Å². The maximum Gasteiger partial charge on any atom is 0.109 e. The molecule has 0 atom stereocenters. The molecule has 0 saturated carbocycles. The Hall–Kier alpha value is -1.25. The number of hydrogen-bond donors (Lipinski definition) is 0. The van der Waals surface area contributed by atoms with E-state index in [0.29, 0.717) is 0 Å². The number of hydrogen-bond acceptors (Lipinski definition) is 3. The van der Waals surface area contributed by atoms with Gasteiger partial charge in [0.25, 0.3) is 0 Å². The highest BCUT2D eigenvalue weighted by molar-refractivity contribution is 5.44. The zero-order valence-electron chi connectivity index (χ0n) is 4.78. The molecule has 2 rings (SSSR count). The summed E-state index contributed by atoms with van der Waals surface area (Å²) in [5, 5.41) is 7.70. The van der Waals surface area contributed by atoms with Crippen LogP contribution < -0.4 is 0 Å². The molecule has 1 aliphatic heterocycles. The molecule has 0 aliphatic carbocycles. The van der Waals surface area contributed by atoms with Gasteiger partial charge in [-0.3, -0.25) is 4.98 Å². The van der Waals surface area contributed by atoms with Crippen molar-refractivity contribution in [2.75, 3.05) is 0 Å². The van der Waals surface area contributed by atoms with Crippen molar-refractivity contribution < 1.29 is 0 Å². The standard InChI is InChI=1S/C6H5N3/c1-2-7-4-6-5(1)3-8-9-6/h1-2,4H,3H2. The fourth-order valence-corrected chi connectivity index (χ4v) is 0.826. The summed E-state index contributed by atoms with van der Waals surface area (Å²) in [6, 6.07) is 1.94. The maximum atomic E-state index is 3.90. The lowest BCUT2D eigenvalue weighted by molar-refractivity contribution is 1.04. The van der Waals surface area contributed by atoms with E-state index in [4.69, 9.17) is 0 Å². The van der Waals surface area contributed by atoms with Crippen molar-refractivity contribution in [3.05, 3.63) is 24.0 Å². The quantitative estimate of drug-likeness (QED) is 0.512. The van der Waals surface area contributed by atoms with E-state index in [9.17, 15) is 0 Å². The van der Waals surface area contributed by atoms with Crippen molar-refractivity contribution in [3.63, 3.8) is 0 Å². The van der Waals surface area contributed by atoms with Crippen LogP contribution in [0.15, 0.2) is 28.7 Å². The summed E-state index contributed by atoms with van der Waals surface area (Å²) >= 11 is 0. The number of fused-ring (bicyclic) bond motifs is 1. The summed E-state index contributed by atoms with van der Waals surface area (Å²) in [5.41, 5.74) is 2.09. The van der Waals surface area contributed by atoms with Crippen LogP contribution in [0.4, 0.5) is 5.69 Å². The first-order valence-corrected chi connectivity index (χ1v) is 2.77. The topological polar surface area (TPSA) is 37.6 Å². The minimum atomic E-state index is 0.720. The zero-order chi connectivity index (χ0) is 6.10. The van der Waals surface area contributed by atoms with E-state index in [2.05, 4.69) is 15.2 Å². The first-order valence-electron chi connectivity index (χ1n) is 2.77. The Morgan fingerprint density at radius 2 is 2.44 bits per heavy atom. The Morgan fingerprint density at radius 3 is 3.33 bits per heavy atom. The number of rotatable bonds is 0. The summed E-state index contributed by atoms with van der Waals surface area (Å²) < 4.78 is 0. The highest BCUT2D eigenvalue weighted by atomic mass is 15.1. The molecular formula is C6H5N3. The lowest BCUT2D eigenvalue weighted by Gasteiger charge is -1.88. The first-order chi connectivity index (χ1) is 4.47. The minimum Gasteiger partial charge on any atom is -0.262 e. The predicted octanol–water partition coefficient (Wildman–Crippen LogP) is 1.68. The fraction of sp³-hybridized carbons (Fsp3) is 0.167. The van der Waals surface area contributed by atoms with Gasteiger partial charge in [-0.05, 0) is 6.07 Å². The van der Waals surface area contributed by atoms with Gasteiger partial charge < -0.3 is 0 Å². The Labute approximate surface area is 52.5 Å². The van der Waals surface area contributed by atoms with Gasteiger partial charge in [0.1, 0.15) is 5.69 Å². The summed E-state index contributed by atoms with van der Waals surface area (Å²) in [5.74, 6) is 0. The molecule has 3 nitrogen and oxygen atoms in total. The van der Waals surface area contributed by atoms with Crippen LogP contribution in [-0.2, 0) is 6.54 Å². The molecule has 0 unspecified atom stereocenters. The van der Waals surface area contributed by atoms with E-state index < -0.39 is 0 Å². The summed E-state index contributed by atoms with van der Waals surface area (Å²) in [7, 11) is 0. The van der Waals surface area contributed by atoms with Crippen molar-refractivity contribution in [1.82, 2.24) is 4.98 Å². The third kappa shape index (κ3) is 0.614.